The fourth-order valence-electron chi connectivity index (χ4n) is 1.85. The first-order valence-electron chi connectivity index (χ1n) is 6.40. The number of hydrogen-bond donors (Lipinski definition) is 2. The van der Waals surface area contributed by atoms with Crippen LogP contribution in [0.4, 0.5) is 11.4 Å². The van der Waals surface area contributed by atoms with Gasteiger partial charge in [0.1, 0.15) is 0 Å². The third-order valence-electron chi connectivity index (χ3n) is 2.92. The number of para-hydroxylation sites is 1. The molecule has 0 saturated carbocycles. The summed E-state index contributed by atoms with van der Waals surface area (Å²) >= 11 is 6.01. The maximum Gasteiger partial charge on any atom is 0.255 e. The topological polar surface area (TPSA) is 75.3 Å². The van der Waals surface area contributed by atoms with Gasteiger partial charge in [-0.2, -0.15) is 0 Å². The first kappa shape index (κ1) is 16.3. The molecule has 0 unspecified atom stereocenters. The highest BCUT2D eigenvalue weighted by Gasteiger charge is 2.12. The lowest BCUT2D eigenvalue weighted by atomic mass is 10.1. The summed E-state index contributed by atoms with van der Waals surface area (Å²) < 4.78 is 24.7. The maximum atomic E-state index is 12.2. The van der Waals surface area contributed by atoms with Gasteiger partial charge < -0.3 is 5.32 Å². The molecule has 0 bridgehead atoms. The zero-order valence-electron chi connectivity index (χ0n) is 12.1. The van der Waals surface area contributed by atoms with Crippen molar-refractivity contribution in [3.8, 4) is 0 Å². The number of benzene rings is 2. The molecule has 0 atom stereocenters. The standard InChI is InChI=1S/C15H15ClN2O3S/c1-10-5-3-4-6-13(10)17-15(19)11-7-8-14(12(16)9-11)18-22(2,20)21/h3-9,18H,1-2H3,(H,17,19). The van der Waals surface area contributed by atoms with E-state index in [-0.39, 0.29) is 16.6 Å². The van der Waals surface area contributed by atoms with Gasteiger partial charge in [-0.3, -0.25) is 9.52 Å². The SMILES string of the molecule is Cc1ccccc1NC(=O)c1ccc(NS(C)(=O)=O)c(Cl)c1. The summed E-state index contributed by atoms with van der Waals surface area (Å²) in [6.45, 7) is 1.89. The van der Waals surface area contributed by atoms with Gasteiger partial charge in [-0.15, -0.1) is 0 Å². The lowest BCUT2D eigenvalue weighted by Gasteiger charge is -2.10. The number of carbonyl (C=O) groups is 1. The third kappa shape index (κ3) is 4.22. The second kappa shape index (κ2) is 6.37. The highest BCUT2D eigenvalue weighted by atomic mass is 35.5. The molecule has 2 aromatic rings. The van der Waals surface area contributed by atoms with Gasteiger partial charge >= 0.3 is 0 Å². The van der Waals surface area contributed by atoms with Crippen molar-refractivity contribution in [1.82, 2.24) is 0 Å². The summed E-state index contributed by atoms with van der Waals surface area (Å²) in [5, 5.41) is 2.94. The third-order valence-corrected chi connectivity index (χ3v) is 3.82. The van der Waals surface area contributed by atoms with Crippen molar-refractivity contribution in [2.24, 2.45) is 0 Å². The summed E-state index contributed by atoms with van der Waals surface area (Å²) in [6, 6.07) is 11.8. The Morgan fingerprint density at radius 2 is 1.77 bits per heavy atom. The average Bonchev–Trinajstić information content (AvgIpc) is 2.42. The number of rotatable bonds is 4. The lowest BCUT2D eigenvalue weighted by molar-refractivity contribution is 0.102. The van der Waals surface area contributed by atoms with Crippen molar-refractivity contribution in [2.75, 3.05) is 16.3 Å². The number of amides is 1. The summed E-state index contributed by atoms with van der Waals surface area (Å²) in [5.74, 6) is -0.317. The van der Waals surface area contributed by atoms with E-state index in [1.807, 2.05) is 25.1 Å². The number of sulfonamides is 1. The van der Waals surface area contributed by atoms with E-state index in [0.29, 0.717) is 11.3 Å². The fourth-order valence-corrected chi connectivity index (χ4v) is 2.71. The largest absolute Gasteiger partial charge is 0.322 e. The first-order chi connectivity index (χ1) is 10.3. The molecule has 2 aromatic carbocycles. The zero-order valence-corrected chi connectivity index (χ0v) is 13.6. The molecule has 22 heavy (non-hydrogen) atoms. The number of aryl methyl sites for hydroxylation is 1. The lowest BCUT2D eigenvalue weighted by Crippen LogP contribution is -2.14. The van der Waals surface area contributed by atoms with E-state index in [4.69, 9.17) is 11.6 Å². The molecular formula is C15H15ClN2O3S. The van der Waals surface area contributed by atoms with Crippen molar-refractivity contribution >= 4 is 38.9 Å². The van der Waals surface area contributed by atoms with Crippen LogP contribution in [-0.4, -0.2) is 20.6 Å². The van der Waals surface area contributed by atoms with Gasteiger partial charge in [0, 0.05) is 11.3 Å². The zero-order chi connectivity index (χ0) is 16.3. The minimum Gasteiger partial charge on any atom is -0.322 e. The summed E-state index contributed by atoms with van der Waals surface area (Å²) in [7, 11) is -3.42. The molecule has 0 heterocycles. The second-order valence-electron chi connectivity index (χ2n) is 4.84. The van der Waals surface area contributed by atoms with Crippen molar-refractivity contribution in [3.63, 3.8) is 0 Å². The van der Waals surface area contributed by atoms with Crippen LogP contribution in [0.2, 0.25) is 5.02 Å². The van der Waals surface area contributed by atoms with E-state index in [1.54, 1.807) is 6.07 Å². The molecule has 2 N–H and O–H groups in total. The van der Waals surface area contributed by atoms with Crippen LogP contribution >= 0.6 is 11.6 Å². The number of nitrogens with one attached hydrogen (secondary N) is 2. The van der Waals surface area contributed by atoms with Crippen LogP contribution in [0.5, 0.6) is 0 Å². The summed E-state index contributed by atoms with van der Waals surface area (Å²) in [6.07, 6.45) is 1.03. The molecule has 0 aromatic heterocycles. The van der Waals surface area contributed by atoms with E-state index in [1.165, 1.54) is 18.2 Å². The van der Waals surface area contributed by atoms with Crippen LogP contribution in [-0.2, 0) is 10.0 Å². The van der Waals surface area contributed by atoms with E-state index >= 15 is 0 Å². The van der Waals surface area contributed by atoms with Crippen molar-refractivity contribution < 1.29 is 13.2 Å². The van der Waals surface area contributed by atoms with Gasteiger partial charge in [0.05, 0.1) is 17.0 Å². The summed E-state index contributed by atoms with van der Waals surface area (Å²) in [4.78, 5) is 12.2. The molecular weight excluding hydrogens is 324 g/mol. The Kier molecular flexibility index (Phi) is 4.73. The van der Waals surface area contributed by atoms with Gasteiger partial charge in [-0.1, -0.05) is 29.8 Å². The number of carbonyl (C=O) groups excluding carboxylic acids is 1. The predicted octanol–water partition coefficient (Wildman–Crippen LogP) is 3.27. The second-order valence-corrected chi connectivity index (χ2v) is 6.99. The Balaban J connectivity index is 2.21. The maximum absolute atomic E-state index is 12.2. The molecule has 116 valence electrons. The van der Waals surface area contributed by atoms with Crippen molar-refractivity contribution in [1.29, 1.82) is 0 Å². The smallest absolute Gasteiger partial charge is 0.255 e. The molecule has 0 aliphatic carbocycles. The molecule has 0 spiro atoms. The Hall–Kier alpha value is -2.05. The average molecular weight is 339 g/mol. The predicted molar refractivity (Wildman–Crippen MR) is 89.1 cm³/mol. The molecule has 0 fully saturated rings. The van der Waals surface area contributed by atoms with Crippen molar-refractivity contribution in [3.05, 3.63) is 58.6 Å². The van der Waals surface area contributed by atoms with E-state index in [2.05, 4.69) is 10.0 Å². The van der Waals surface area contributed by atoms with E-state index in [9.17, 15) is 13.2 Å². The van der Waals surface area contributed by atoms with Crippen LogP contribution in [0.25, 0.3) is 0 Å². The number of hydrogen-bond acceptors (Lipinski definition) is 3. The highest BCUT2D eigenvalue weighted by molar-refractivity contribution is 7.92. The minimum atomic E-state index is -3.42. The summed E-state index contributed by atoms with van der Waals surface area (Å²) in [5.41, 5.74) is 2.23. The number of halogens is 1. The molecule has 5 nitrogen and oxygen atoms in total. The van der Waals surface area contributed by atoms with Gasteiger partial charge in [0.2, 0.25) is 10.0 Å². The Morgan fingerprint density at radius 3 is 2.36 bits per heavy atom. The Labute approximate surface area is 134 Å². The first-order valence-corrected chi connectivity index (χ1v) is 8.67. The van der Waals surface area contributed by atoms with Crippen LogP contribution in [0.1, 0.15) is 15.9 Å². The molecule has 1 amide bonds. The molecule has 0 aliphatic rings. The molecule has 0 saturated heterocycles. The quantitative estimate of drug-likeness (QED) is 0.898. The van der Waals surface area contributed by atoms with Gasteiger partial charge in [0.25, 0.3) is 5.91 Å². The molecule has 0 radical (unpaired) electrons. The Bertz CT molecular complexity index is 819. The monoisotopic (exact) mass is 338 g/mol. The molecule has 0 aliphatic heterocycles. The van der Waals surface area contributed by atoms with Crippen LogP contribution in [0.3, 0.4) is 0 Å². The van der Waals surface area contributed by atoms with Gasteiger partial charge in [-0.25, -0.2) is 8.42 Å². The van der Waals surface area contributed by atoms with E-state index < -0.39 is 10.0 Å². The van der Waals surface area contributed by atoms with E-state index in [0.717, 1.165) is 11.8 Å². The molecule has 2 rings (SSSR count). The van der Waals surface area contributed by atoms with Gasteiger partial charge in [-0.05, 0) is 36.8 Å². The van der Waals surface area contributed by atoms with Crippen LogP contribution in [0, 0.1) is 6.92 Å². The van der Waals surface area contributed by atoms with Crippen LogP contribution < -0.4 is 10.0 Å². The highest BCUT2D eigenvalue weighted by Crippen LogP contribution is 2.24. The number of anilines is 2. The molecule has 7 heteroatoms. The normalized spacial score (nSPS) is 11.0. The van der Waals surface area contributed by atoms with Gasteiger partial charge in [0.15, 0.2) is 0 Å². The fraction of sp³-hybridized carbons (Fsp3) is 0.133. The minimum absolute atomic E-state index is 0.155. The van der Waals surface area contributed by atoms with Crippen LogP contribution in [0.15, 0.2) is 42.5 Å². The van der Waals surface area contributed by atoms with Crippen molar-refractivity contribution in [2.45, 2.75) is 6.92 Å². The Morgan fingerprint density at radius 1 is 1.09 bits per heavy atom.